The summed E-state index contributed by atoms with van der Waals surface area (Å²) in [7, 11) is 0. The summed E-state index contributed by atoms with van der Waals surface area (Å²) in [6, 6.07) is 10.3. The fraction of sp³-hybridized carbons (Fsp3) is 0.350. The molecule has 2 amide bonds. The van der Waals surface area contributed by atoms with Crippen LogP contribution in [0.1, 0.15) is 18.5 Å². The summed E-state index contributed by atoms with van der Waals surface area (Å²) in [5.74, 6) is 0.579. The third-order valence-corrected chi connectivity index (χ3v) is 5.15. The van der Waals surface area contributed by atoms with Gasteiger partial charge in [-0.25, -0.2) is 4.98 Å². The van der Waals surface area contributed by atoms with Crippen molar-refractivity contribution in [2.24, 2.45) is 5.92 Å². The molecule has 0 radical (unpaired) electrons. The van der Waals surface area contributed by atoms with Crippen molar-refractivity contribution in [1.82, 2.24) is 9.88 Å². The number of carbonyl (C=O) groups is 2. The quantitative estimate of drug-likeness (QED) is 0.792. The molecule has 0 bridgehead atoms. The number of carbonyl (C=O) groups excluding carboxylic acids is 2. The van der Waals surface area contributed by atoms with E-state index in [9.17, 15) is 9.59 Å². The van der Waals surface area contributed by atoms with Gasteiger partial charge in [0.1, 0.15) is 11.6 Å². The first-order valence-corrected chi connectivity index (χ1v) is 9.78. The van der Waals surface area contributed by atoms with Crippen LogP contribution in [-0.4, -0.2) is 41.4 Å². The Bertz CT molecular complexity index is 868. The van der Waals surface area contributed by atoms with Crippen LogP contribution in [0.25, 0.3) is 0 Å². The minimum atomic E-state index is -0.144. The van der Waals surface area contributed by atoms with Crippen molar-refractivity contribution in [3.05, 3.63) is 52.1 Å². The number of nitrogens with zero attached hydrogens (tertiary/aromatic N) is 2. The second kappa shape index (κ2) is 9.26. The number of pyridine rings is 1. The van der Waals surface area contributed by atoms with E-state index in [1.807, 2.05) is 19.1 Å². The number of aryl methyl sites for hydroxylation is 1. The number of hydrogen-bond donors (Lipinski definition) is 1. The van der Waals surface area contributed by atoms with Crippen LogP contribution in [0.4, 0.5) is 5.82 Å². The fourth-order valence-electron chi connectivity index (χ4n) is 3.05. The van der Waals surface area contributed by atoms with E-state index >= 15 is 0 Å². The molecule has 1 aliphatic rings. The summed E-state index contributed by atoms with van der Waals surface area (Å²) in [6.45, 7) is 2.76. The van der Waals surface area contributed by atoms with Crippen LogP contribution in [0.3, 0.4) is 0 Å². The van der Waals surface area contributed by atoms with Crippen molar-refractivity contribution in [3.63, 3.8) is 0 Å². The lowest BCUT2D eigenvalue weighted by molar-refractivity contribution is -0.136. The molecule has 0 aliphatic carbocycles. The molecule has 1 aromatic carbocycles. The molecule has 1 aromatic heterocycles. The highest BCUT2D eigenvalue weighted by Gasteiger charge is 2.27. The number of ether oxygens (including phenoxy) is 1. The first kappa shape index (κ1) is 20.4. The Morgan fingerprint density at radius 1 is 1.21 bits per heavy atom. The molecule has 8 heteroatoms. The number of anilines is 1. The van der Waals surface area contributed by atoms with Gasteiger partial charge >= 0.3 is 0 Å². The molecule has 28 heavy (non-hydrogen) atoms. The molecule has 1 aliphatic heterocycles. The maximum atomic E-state index is 12.4. The summed E-state index contributed by atoms with van der Waals surface area (Å²) >= 11 is 12.0. The van der Waals surface area contributed by atoms with Crippen LogP contribution in [-0.2, 0) is 9.59 Å². The standard InChI is InChI=1S/C20H21Cl2N3O3/c1-13-3-2-4-18(23-13)24-20(27)14-7-9-25(10-8-14)19(26)12-28-17-11-15(21)5-6-16(17)22/h2-6,11,14H,7-10,12H2,1H3,(H,23,24,27). The summed E-state index contributed by atoms with van der Waals surface area (Å²) in [6.07, 6.45) is 1.20. The predicted molar refractivity (Wildman–Crippen MR) is 109 cm³/mol. The summed E-state index contributed by atoms with van der Waals surface area (Å²) < 4.78 is 5.50. The van der Waals surface area contributed by atoms with Gasteiger partial charge in [0.2, 0.25) is 5.91 Å². The average Bonchev–Trinajstić information content (AvgIpc) is 2.68. The molecule has 2 heterocycles. The number of halogens is 2. The third kappa shape index (κ3) is 5.36. The Kier molecular flexibility index (Phi) is 6.75. The number of rotatable bonds is 5. The van der Waals surface area contributed by atoms with E-state index in [1.54, 1.807) is 29.2 Å². The Morgan fingerprint density at radius 2 is 1.96 bits per heavy atom. The Morgan fingerprint density at radius 3 is 2.68 bits per heavy atom. The zero-order valence-electron chi connectivity index (χ0n) is 15.5. The molecule has 6 nitrogen and oxygen atoms in total. The predicted octanol–water partition coefficient (Wildman–Crippen LogP) is 3.95. The maximum Gasteiger partial charge on any atom is 0.260 e. The van der Waals surface area contributed by atoms with E-state index in [-0.39, 0.29) is 24.3 Å². The summed E-state index contributed by atoms with van der Waals surface area (Å²) in [5, 5.41) is 3.74. The zero-order valence-corrected chi connectivity index (χ0v) is 17.0. The van der Waals surface area contributed by atoms with Crippen molar-refractivity contribution >= 4 is 40.8 Å². The van der Waals surface area contributed by atoms with Crippen LogP contribution >= 0.6 is 23.2 Å². The number of hydrogen-bond acceptors (Lipinski definition) is 4. The smallest absolute Gasteiger partial charge is 0.260 e. The van der Waals surface area contributed by atoms with Crippen LogP contribution in [0.15, 0.2) is 36.4 Å². The van der Waals surface area contributed by atoms with Gasteiger partial charge in [-0.2, -0.15) is 0 Å². The van der Waals surface area contributed by atoms with Gasteiger partial charge in [0.25, 0.3) is 5.91 Å². The molecule has 3 rings (SSSR count). The van der Waals surface area contributed by atoms with E-state index in [0.29, 0.717) is 47.5 Å². The monoisotopic (exact) mass is 421 g/mol. The van der Waals surface area contributed by atoms with Crippen LogP contribution < -0.4 is 10.1 Å². The molecular formula is C20H21Cl2N3O3. The first-order valence-electron chi connectivity index (χ1n) is 9.02. The minimum absolute atomic E-state index is 0.0628. The van der Waals surface area contributed by atoms with E-state index in [1.165, 1.54) is 0 Å². The highest BCUT2D eigenvalue weighted by Crippen LogP contribution is 2.28. The maximum absolute atomic E-state index is 12.4. The number of likely N-dealkylation sites (tertiary alicyclic amines) is 1. The van der Waals surface area contributed by atoms with Crippen LogP contribution in [0.5, 0.6) is 5.75 Å². The average molecular weight is 422 g/mol. The summed E-state index contributed by atoms with van der Waals surface area (Å²) in [4.78, 5) is 30.8. The molecule has 0 atom stereocenters. The van der Waals surface area contributed by atoms with Gasteiger partial charge in [0, 0.05) is 35.8 Å². The van der Waals surface area contributed by atoms with E-state index in [2.05, 4.69) is 10.3 Å². The Balaban J connectivity index is 1.47. The second-order valence-corrected chi connectivity index (χ2v) is 7.52. The highest BCUT2D eigenvalue weighted by molar-refractivity contribution is 6.34. The van der Waals surface area contributed by atoms with Gasteiger partial charge in [-0.3, -0.25) is 9.59 Å². The van der Waals surface area contributed by atoms with E-state index in [4.69, 9.17) is 27.9 Å². The molecule has 2 aromatic rings. The number of piperidine rings is 1. The van der Waals surface area contributed by atoms with Crippen molar-refractivity contribution in [1.29, 1.82) is 0 Å². The molecule has 0 spiro atoms. The fourth-order valence-corrected chi connectivity index (χ4v) is 3.38. The summed E-state index contributed by atoms with van der Waals surface area (Å²) in [5.41, 5.74) is 0.845. The molecule has 1 fully saturated rings. The topological polar surface area (TPSA) is 71.5 Å². The van der Waals surface area contributed by atoms with Crippen molar-refractivity contribution < 1.29 is 14.3 Å². The largest absolute Gasteiger partial charge is 0.482 e. The number of amides is 2. The van der Waals surface area contributed by atoms with Gasteiger partial charge in [-0.15, -0.1) is 0 Å². The zero-order chi connectivity index (χ0) is 20.1. The van der Waals surface area contributed by atoms with Gasteiger partial charge in [-0.1, -0.05) is 29.3 Å². The lowest BCUT2D eigenvalue weighted by Gasteiger charge is -2.31. The van der Waals surface area contributed by atoms with Gasteiger partial charge in [-0.05, 0) is 44.0 Å². The molecular weight excluding hydrogens is 401 g/mol. The Hall–Kier alpha value is -2.31. The van der Waals surface area contributed by atoms with E-state index < -0.39 is 0 Å². The molecule has 1 N–H and O–H groups in total. The number of benzene rings is 1. The molecule has 0 unspecified atom stereocenters. The van der Waals surface area contributed by atoms with Gasteiger partial charge in [0.15, 0.2) is 6.61 Å². The molecule has 0 saturated carbocycles. The molecule has 1 saturated heterocycles. The lowest BCUT2D eigenvalue weighted by Crippen LogP contribution is -2.43. The third-order valence-electron chi connectivity index (χ3n) is 4.60. The van der Waals surface area contributed by atoms with Crippen molar-refractivity contribution in [2.45, 2.75) is 19.8 Å². The normalized spacial score (nSPS) is 14.6. The van der Waals surface area contributed by atoms with Crippen LogP contribution in [0.2, 0.25) is 10.0 Å². The minimum Gasteiger partial charge on any atom is -0.482 e. The van der Waals surface area contributed by atoms with Crippen molar-refractivity contribution in [2.75, 3.05) is 25.0 Å². The lowest BCUT2D eigenvalue weighted by atomic mass is 9.96. The van der Waals surface area contributed by atoms with Crippen molar-refractivity contribution in [3.8, 4) is 5.75 Å². The number of nitrogens with one attached hydrogen (secondary N) is 1. The molecule has 148 valence electrons. The van der Waals surface area contributed by atoms with Gasteiger partial charge < -0.3 is 15.0 Å². The van der Waals surface area contributed by atoms with Gasteiger partial charge in [0.05, 0.1) is 5.02 Å². The van der Waals surface area contributed by atoms with E-state index in [0.717, 1.165) is 5.69 Å². The Labute approximate surface area is 173 Å². The second-order valence-electron chi connectivity index (χ2n) is 6.67. The van der Waals surface area contributed by atoms with Crippen LogP contribution in [0, 0.1) is 12.8 Å². The SMILES string of the molecule is Cc1cccc(NC(=O)C2CCN(C(=O)COc3cc(Cl)ccc3Cl)CC2)n1. The highest BCUT2D eigenvalue weighted by atomic mass is 35.5. The number of aromatic nitrogens is 1. The first-order chi connectivity index (χ1) is 13.4.